The Morgan fingerprint density at radius 3 is 2.69 bits per heavy atom. The summed E-state index contributed by atoms with van der Waals surface area (Å²) in [6.45, 7) is 1.92. The Morgan fingerprint density at radius 2 is 2.23 bits per heavy atom. The maximum Gasteiger partial charge on any atom is 0.291 e. The lowest BCUT2D eigenvalue weighted by atomic mass is 10.2. The summed E-state index contributed by atoms with van der Waals surface area (Å²) < 4.78 is 5.08. The van der Waals surface area contributed by atoms with Gasteiger partial charge < -0.3 is 10.1 Å². The van der Waals surface area contributed by atoms with Gasteiger partial charge >= 0.3 is 0 Å². The van der Waals surface area contributed by atoms with Crippen LogP contribution in [-0.2, 0) is 0 Å². The van der Waals surface area contributed by atoms with Gasteiger partial charge in [0, 0.05) is 21.6 Å². The number of methoxy groups -OCH3 is 1. The van der Waals surface area contributed by atoms with Gasteiger partial charge in [0.25, 0.3) is 4.82 Å². The predicted molar refractivity (Wildman–Crippen MR) is 55.7 cm³/mol. The summed E-state index contributed by atoms with van der Waals surface area (Å²) in [6, 6.07) is 5.44. The van der Waals surface area contributed by atoms with E-state index < -0.39 is 0 Å². The second-order valence-electron chi connectivity index (χ2n) is 2.58. The molecule has 0 saturated heterocycles. The van der Waals surface area contributed by atoms with Crippen LogP contribution in [-0.4, -0.2) is 11.9 Å². The second kappa shape index (κ2) is 4.28. The van der Waals surface area contributed by atoms with E-state index in [1.807, 2.05) is 19.1 Å². The van der Waals surface area contributed by atoms with Gasteiger partial charge in [0.2, 0.25) is 0 Å². The number of carbonyl (C=O) groups excluding carboxylic acids is 1. The molecule has 0 fully saturated rings. The molecule has 0 aliphatic carbocycles. The number of benzene rings is 1. The maximum atomic E-state index is 10.7. The van der Waals surface area contributed by atoms with E-state index in [2.05, 4.69) is 21.2 Å². The molecular weight excluding hydrogens is 234 g/mol. The molecule has 13 heavy (non-hydrogen) atoms. The van der Waals surface area contributed by atoms with Gasteiger partial charge in [0.15, 0.2) is 0 Å². The minimum absolute atomic E-state index is 0.253. The van der Waals surface area contributed by atoms with Crippen LogP contribution >= 0.6 is 15.9 Å². The molecule has 70 valence electrons. The first kappa shape index (κ1) is 10.1. The molecule has 0 unspecified atom stereocenters. The van der Waals surface area contributed by atoms with Crippen LogP contribution in [0.5, 0.6) is 5.75 Å². The Kier molecular flexibility index (Phi) is 3.31. The number of ether oxygens (including phenoxy) is 1. The molecule has 1 aromatic rings. The summed E-state index contributed by atoms with van der Waals surface area (Å²) in [5, 5.41) is 2.62. The highest BCUT2D eigenvalue weighted by Gasteiger charge is 2.00. The van der Waals surface area contributed by atoms with E-state index in [-0.39, 0.29) is 4.82 Å². The molecule has 0 aliphatic rings. The zero-order chi connectivity index (χ0) is 9.84. The fraction of sp³-hybridized carbons (Fsp3) is 0.222. The molecule has 3 nitrogen and oxygen atoms in total. The number of rotatable bonds is 2. The number of hydrogen-bond acceptors (Lipinski definition) is 2. The zero-order valence-corrected chi connectivity index (χ0v) is 9.01. The summed E-state index contributed by atoms with van der Waals surface area (Å²) in [6.07, 6.45) is 0. The van der Waals surface area contributed by atoms with E-state index in [1.165, 1.54) is 0 Å². The van der Waals surface area contributed by atoms with Crippen molar-refractivity contribution >= 4 is 26.4 Å². The normalized spacial score (nSPS) is 9.46. The third-order valence-corrected chi connectivity index (χ3v) is 1.84. The molecule has 1 aromatic carbocycles. The monoisotopic (exact) mass is 243 g/mol. The van der Waals surface area contributed by atoms with Gasteiger partial charge in [-0.1, -0.05) is 0 Å². The molecule has 0 aromatic heterocycles. The Labute approximate surface area is 85.2 Å². The van der Waals surface area contributed by atoms with Crippen molar-refractivity contribution in [2.75, 3.05) is 12.4 Å². The third kappa shape index (κ3) is 2.73. The lowest BCUT2D eigenvalue weighted by molar-refractivity contribution is 0.270. The number of amides is 1. The van der Waals surface area contributed by atoms with E-state index in [9.17, 15) is 4.79 Å². The minimum atomic E-state index is -0.253. The molecule has 0 spiro atoms. The van der Waals surface area contributed by atoms with Crippen molar-refractivity contribution in [3.63, 3.8) is 0 Å². The van der Waals surface area contributed by atoms with Crippen LogP contribution in [0.1, 0.15) is 5.56 Å². The molecule has 0 bridgehead atoms. The van der Waals surface area contributed by atoms with Crippen LogP contribution in [0.4, 0.5) is 10.5 Å². The van der Waals surface area contributed by atoms with Crippen LogP contribution in [0.3, 0.4) is 0 Å². The summed E-state index contributed by atoms with van der Waals surface area (Å²) in [5.74, 6) is 0.813. The highest BCUT2D eigenvalue weighted by Crippen LogP contribution is 2.21. The van der Waals surface area contributed by atoms with Gasteiger partial charge in [0.1, 0.15) is 5.75 Å². The molecule has 1 rings (SSSR count). The number of carbonyl (C=O) groups is 1. The molecular formula is C9H10BrNO2. The molecule has 1 N–H and O–H groups in total. The number of halogens is 1. The topological polar surface area (TPSA) is 38.3 Å². The van der Waals surface area contributed by atoms with Crippen LogP contribution < -0.4 is 10.1 Å². The highest BCUT2D eigenvalue weighted by molar-refractivity contribution is 9.18. The Balaban J connectivity index is 2.89. The molecule has 1 amide bonds. The van der Waals surface area contributed by atoms with Crippen LogP contribution in [0.15, 0.2) is 18.2 Å². The lowest BCUT2D eigenvalue weighted by Crippen LogP contribution is -2.00. The van der Waals surface area contributed by atoms with Crippen molar-refractivity contribution in [3.05, 3.63) is 23.8 Å². The van der Waals surface area contributed by atoms with E-state index in [0.717, 1.165) is 17.0 Å². The molecule has 0 radical (unpaired) electrons. The Morgan fingerprint density at radius 1 is 1.54 bits per heavy atom. The quantitative estimate of drug-likeness (QED) is 0.641. The van der Waals surface area contributed by atoms with Gasteiger partial charge in [-0.25, -0.2) is 0 Å². The summed E-state index contributed by atoms with van der Waals surface area (Å²) >= 11 is 2.79. The SMILES string of the molecule is COc1ccc(NC(=O)Br)cc1C. The van der Waals surface area contributed by atoms with Gasteiger partial charge in [-0.05, 0) is 30.7 Å². The van der Waals surface area contributed by atoms with E-state index >= 15 is 0 Å². The number of hydrogen-bond donors (Lipinski definition) is 1. The van der Waals surface area contributed by atoms with Crippen LogP contribution in [0, 0.1) is 6.92 Å². The molecule has 4 heteroatoms. The Hall–Kier alpha value is -1.03. The second-order valence-corrected chi connectivity index (χ2v) is 3.30. The van der Waals surface area contributed by atoms with E-state index in [0.29, 0.717) is 0 Å². The fourth-order valence-corrected chi connectivity index (χ4v) is 1.30. The van der Waals surface area contributed by atoms with Gasteiger partial charge in [-0.3, -0.25) is 4.79 Å². The largest absolute Gasteiger partial charge is 0.496 e. The molecule has 0 saturated carbocycles. The van der Waals surface area contributed by atoms with E-state index in [4.69, 9.17) is 4.74 Å². The maximum absolute atomic E-state index is 10.7. The van der Waals surface area contributed by atoms with Crippen LogP contribution in [0.25, 0.3) is 0 Å². The highest BCUT2D eigenvalue weighted by atomic mass is 79.9. The van der Waals surface area contributed by atoms with Crippen molar-refractivity contribution in [1.82, 2.24) is 0 Å². The first-order chi connectivity index (χ1) is 6.13. The fourth-order valence-electron chi connectivity index (χ4n) is 1.07. The summed E-state index contributed by atoms with van der Waals surface area (Å²) in [4.78, 5) is 10.4. The standard InChI is InChI=1S/C9H10BrNO2/c1-6-5-7(11-9(10)12)3-4-8(6)13-2/h3-5H,1-2H3,(H,11,12). The smallest absolute Gasteiger partial charge is 0.291 e. The minimum Gasteiger partial charge on any atom is -0.496 e. The number of aryl methyl sites for hydroxylation is 1. The first-order valence-corrected chi connectivity index (χ1v) is 4.54. The van der Waals surface area contributed by atoms with Crippen molar-refractivity contribution in [2.24, 2.45) is 0 Å². The first-order valence-electron chi connectivity index (χ1n) is 3.74. The molecule has 0 atom stereocenters. The summed E-state index contributed by atoms with van der Waals surface area (Å²) in [5.41, 5.74) is 1.74. The average molecular weight is 244 g/mol. The number of nitrogens with one attached hydrogen (secondary N) is 1. The molecule has 0 heterocycles. The zero-order valence-electron chi connectivity index (χ0n) is 7.43. The van der Waals surface area contributed by atoms with Crippen LogP contribution in [0.2, 0.25) is 0 Å². The van der Waals surface area contributed by atoms with Gasteiger partial charge in [0.05, 0.1) is 7.11 Å². The van der Waals surface area contributed by atoms with Crippen molar-refractivity contribution in [1.29, 1.82) is 0 Å². The van der Waals surface area contributed by atoms with Gasteiger partial charge in [-0.15, -0.1) is 0 Å². The van der Waals surface area contributed by atoms with Crippen molar-refractivity contribution < 1.29 is 9.53 Å². The average Bonchev–Trinajstić information content (AvgIpc) is 2.03. The molecule has 0 aliphatic heterocycles. The van der Waals surface area contributed by atoms with Crippen molar-refractivity contribution in [3.8, 4) is 5.75 Å². The predicted octanol–water partition coefficient (Wildman–Crippen LogP) is 2.93. The summed E-state index contributed by atoms with van der Waals surface area (Å²) in [7, 11) is 1.62. The lowest BCUT2D eigenvalue weighted by Gasteiger charge is -2.06. The Bertz CT molecular complexity index is 325. The third-order valence-electron chi connectivity index (χ3n) is 1.64. The van der Waals surface area contributed by atoms with E-state index in [1.54, 1.807) is 13.2 Å². The van der Waals surface area contributed by atoms with Gasteiger partial charge in [-0.2, -0.15) is 0 Å². The van der Waals surface area contributed by atoms with Crippen molar-refractivity contribution in [2.45, 2.75) is 6.92 Å². The number of anilines is 1.